The maximum absolute atomic E-state index is 11.9. The lowest BCUT2D eigenvalue weighted by Crippen LogP contribution is -2.12. The summed E-state index contributed by atoms with van der Waals surface area (Å²) in [5, 5.41) is 11.6. The zero-order valence-electron chi connectivity index (χ0n) is 9.72. The van der Waals surface area contributed by atoms with Gasteiger partial charge in [0.05, 0.1) is 22.2 Å². The van der Waals surface area contributed by atoms with Gasteiger partial charge in [-0.15, -0.1) is 0 Å². The molecule has 19 heavy (non-hydrogen) atoms. The van der Waals surface area contributed by atoms with Crippen LogP contribution in [0.2, 0.25) is 5.02 Å². The Bertz CT molecular complexity index is 661. The molecule has 5 nitrogen and oxygen atoms in total. The number of pyridine rings is 1. The molecule has 1 heterocycles. The zero-order chi connectivity index (χ0) is 13.8. The second-order valence-electron chi connectivity index (χ2n) is 3.73. The van der Waals surface area contributed by atoms with E-state index >= 15 is 0 Å². The van der Waals surface area contributed by atoms with Gasteiger partial charge in [0.1, 0.15) is 5.82 Å². The summed E-state index contributed by atoms with van der Waals surface area (Å²) in [5.74, 6) is -0.171. The Morgan fingerprint density at radius 2 is 2.05 bits per heavy atom. The van der Waals surface area contributed by atoms with Crippen LogP contribution in [0.4, 0.5) is 11.5 Å². The monoisotopic (exact) mass is 272 g/mol. The van der Waals surface area contributed by atoms with Crippen molar-refractivity contribution in [3.63, 3.8) is 0 Å². The molecule has 0 bridgehead atoms. The van der Waals surface area contributed by atoms with Crippen molar-refractivity contribution >= 4 is 29.0 Å². The molecule has 0 spiro atoms. The van der Waals surface area contributed by atoms with Crippen molar-refractivity contribution in [3.8, 4) is 6.07 Å². The quantitative estimate of drug-likeness (QED) is 0.878. The van der Waals surface area contributed by atoms with Gasteiger partial charge in [0.2, 0.25) is 0 Å². The number of carbonyl (C=O) groups excluding carboxylic acids is 1. The topological polar surface area (TPSA) is 91.8 Å². The number of nitrogen functional groups attached to an aromatic ring is 1. The zero-order valence-corrected chi connectivity index (χ0v) is 10.5. The molecule has 2 aromatic rings. The number of nitrogens with zero attached hydrogens (tertiary/aromatic N) is 2. The summed E-state index contributed by atoms with van der Waals surface area (Å²) in [7, 11) is 0. The molecule has 0 aliphatic rings. The van der Waals surface area contributed by atoms with Crippen molar-refractivity contribution in [3.05, 3.63) is 52.7 Å². The summed E-state index contributed by atoms with van der Waals surface area (Å²) in [4.78, 5) is 15.7. The molecule has 0 aliphatic heterocycles. The lowest BCUT2D eigenvalue weighted by atomic mass is 10.2. The minimum absolute atomic E-state index is 0.177. The third-order valence-corrected chi connectivity index (χ3v) is 2.71. The second kappa shape index (κ2) is 5.38. The van der Waals surface area contributed by atoms with E-state index in [9.17, 15) is 4.79 Å². The second-order valence-corrected chi connectivity index (χ2v) is 4.14. The summed E-state index contributed by atoms with van der Waals surface area (Å²) < 4.78 is 0. The van der Waals surface area contributed by atoms with E-state index in [1.807, 2.05) is 6.07 Å². The van der Waals surface area contributed by atoms with Crippen LogP contribution in [0, 0.1) is 11.3 Å². The number of halogens is 1. The highest BCUT2D eigenvalue weighted by atomic mass is 35.5. The largest absolute Gasteiger partial charge is 0.382 e. The average molecular weight is 273 g/mol. The average Bonchev–Trinajstić information content (AvgIpc) is 2.42. The Labute approximate surface area is 114 Å². The minimum atomic E-state index is -0.348. The third-order valence-electron chi connectivity index (χ3n) is 2.40. The van der Waals surface area contributed by atoms with Crippen LogP contribution >= 0.6 is 11.6 Å². The van der Waals surface area contributed by atoms with Gasteiger partial charge in [0, 0.05) is 11.9 Å². The molecule has 1 aromatic carbocycles. The highest BCUT2D eigenvalue weighted by Crippen LogP contribution is 2.18. The Balaban J connectivity index is 2.16. The molecule has 2 rings (SSSR count). The Hall–Kier alpha value is -2.58. The van der Waals surface area contributed by atoms with Crippen molar-refractivity contribution < 1.29 is 4.79 Å². The lowest BCUT2D eigenvalue weighted by Gasteiger charge is -2.06. The van der Waals surface area contributed by atoms with E-state index in [4.69, 9.17) is 22.6 Å². The fourth-order valence-electron chi connectivity index (χ4n) is 1.40. The summed E-state index contributed by atoms with van der Waals surface area (Å²) in [6, 6.07) is 9.96. The molecule has 0 unspecified atom stereocenters. The van der Waals surface area contributed by atoms with Gasteiger partial charge in [0.25, 0.3) is 5.91 Å². The number of carbonyl (C=O) groups is 1. The number of nitriles is 1. The van der Waals surface area contributed by atoms with Crippen LogP contribution in [0.15, 0.2) is 36.5 Å². The van der Waals surface area contributed by atoms with Crippen LogP contribution in [0.1, 0.15) is 15.9 Å². The van der Waals surface area contributed by atoms with E-state index in [-0.39, 0.29) is 16.7 Å². The summed E-state index contributed by atoms with van der Waals surface area (Å²) in [6.45, 7) is 0. The van der Waals surface area contributed by atoms with E-state index in [1.54, 1.807) is 24.3 Å². The predicted octanol–water partition coefficient (Wildman–Crippen LogP) is 2.44. The molecule has 94 valence electrons. The van der Waals surface area contributed by atoms with Gasteiger partial charge in [-0.25, -0.2) is 4.98 Å². The summed E-state index contributed by atoms with van der Waals surface area (Å²) >= 11 is 5.80. The van der Waals surface area contributed by atoms with Crippen LogP contribution in [0.25, 0.3) is 0 Å². The number of nitrogens with one attached hydrogen (secondary N) is 1. The van der Waals surface area contributed by atoms with Gasteiger partial charge in [0.15, 0.2) is 0 Å². The number of hydrogen-bond acceptors (Lipinski definition) is 4. The first kappa shape index (κ1) is 12.9. The first-order valence-corrected chi connectivity index (χ1v) is 5.70. The molecule has 0 radical (unpaired) electrons. The molecule has 0 saturated carbocycles. The molecule has 6 heteroatoms. The van der Waals surface area contributed by atoms with E-state index in [1.165, 1.54) is 12.3 Å². The fourth-order valence-corrected chi connectivity index (χ4v) is 1.57. The van der Waals surface area contributed by atoms with Crippen LogP contribution in [0.3, 0.4) is 0 Å². The van der Waals surface area contributed by atoms with Gasteiger partial charge >= 0.3 is 0 Å². The highest BCUT2D eigenvalue weighted by Gasteiger charge is 2.09. The molecule has 0 fully saturated rings. The highest BCUT2D eigenvalue weighted by molar-refractivity contribution is 6.33. The van der Waals surface area contributed by atoms with Crippen molar-refractivity contribution in [2.24, 2.45) is 0 Å². The summed E-state index contributed by atoms with van der Waals surface area (Å²) in [6.07, 6.45) is 1.35. The first-order valence-electron chi connectivity index (χ1n) is 5.32. The SMILES string of the molecule is N#Cc1ccc(NC(=O)c2cnc(N)c(Cl)c2)cc1. The Kier molecular flexibility index (Phi) is 3.64. The molecular weight excluding hydrogens is 264 g/mol. The molecule has 3 N–H and O–H groups in total. The van der Waals surface area contributed by atoms with Crippen molar-refractivity contribution in [2.45, 2.75) is 0 Å². The van der Waals surface area contributed by atoms with E-state index in [0.29, 0.717) is 16.8 Å². The Morgan fingerprint density at radius 1 is 1.37 bits per heavy atom. The van der Waals surface area contributed by atoms with E-state index in [0.717, 1.165) is 0 Å². The van der Waals surface area contributed by atoms with Gasteiger partial charge in [-0.2, -0.15) is 5.26 Å². The van der Waals surface area contributed by atoms with Crippen LogP contribution in [-0.2, 0) is 0 Å². The van der Waals surface area contributed by atoms with Crippen LogP contribution in [0.5, 0.6) is 0 Å². The van der Waals surface area contributed by atoms with Gasteiger partial charge in [-0.3, -0.25) is 4.79 Å². The molecule has 1 aromatic heterocycles. The number of anilines is 2. The van der Waals surface area contributed by atoms with E-state index < -0.39 is 0 Å². The van der Waals surface area contributed by atoms with Crippen molar-refractivity contribution in [1.82, 2.24) is 4.98 Å². The molecule has 0 atom stereocenters. The maximum Gasteiger partial charge on any atom is 0.257 e. The molecule has 0 aliphatic carbocycles. The van der Waals surface area contributed by atoms with Gasteiger partial charge < -0.3 is 11.1 Å². The maximum atomic E-state index is 11.9. The number of rotatable bonds is 2. The van der Waals surface area contributed by atoms with Crippen molar-refractivity contribution in [2.75, 3.05) is 11.1 Å². The number of benzene rings is 1. The number of amides is 1. The fraction of sp³-hybridized carbons (Fsp3) is 0. The minimum Gasteiger partial charge on any atom is -0.382 e. The smallest absolute Gasteiger partial charge is 0.257 e. The number of aromatic nitrogens is 1. The van der Waals surface area contributed by atoms with E-state index in [2.05, 4.69) is 10.3 Å². The molecular formula is C13H9ClN4O. The molecule has 0 saturated heterocycles. The standard InChI is InChI=1S/C13H9ClN4O/c14-11-5-9(7-17-12(11)16)13(19)18-10-3-1-8(6-15)2-4-10/h1-5,7H,(H2,16,17)(H,18,19). The number of hydrogen-bond donors (Lipinski definition) is 2. The van der Waals surface area contributed by atoms with Gasteiger partial charge in [-0.05, 0) is 30.3 Å². The Morgan fingerprint density at radius 3 is 2.63 bits per heavy atom. The summed E-state index contributed by atoms with van der Waals surface area (Å²) in [5.41, 5.74) is 6.88. The predicted molar refractivity (Wildman–Crippen MR) is 72.8 cm³/mol. The van der Waals surface area contributed by atoms with Gasteiger partial charge in [-0.1, -0.05) is 11.6 Å². The van der Waals surface area contributed by atoms with Crippen LogP contribution in [-0.4, -0.2) is 10.9 Å². The van der Waals surface area contributed by atoms with Crippen LogP contribution < -0.4 is 11.1 Å². The van der Waals surface area contributed by atoms with Crippen molar-refractivity contribution in [1.29, 1.82) is 5.26 Å². The third kappa shape index (κ3) is 3.00. The normalized spacial score (nSPS) is 9.68. The lowest BCUT2D eigenvalue weighted by molar-refractivity contribution is 0.102. The number of nitrogens with two attached hydrogens (primary N) is 1. The first-order chi connectivity index (χ1) is 9.10. The molecule has 1 amide bonds.